The Hall–Kier alpha value is -1.76. The van der Waals surface area contributed by atoms with E-state index in [1.807, 2.05) is 30.3 Å². The Bertz CT molecular complexity index is 747. The zero-order chi connectivity index (χ0) is 21.2. The predicted octanol–water partition coefficient (Wildman–Crippen LogP) is 3.02. The minimum absolute atomic E-state index is 0.343. The summed E-state index contributed by atoms with van der Waals surface area (Å²) in [5.74, 6) is 0. The first kappa shape index (κ1) is 22.9. The van der Waals surface area contributed by atoms with Crippen LogP contribution in [0.1, 0.15) is 22.3 Å². The lowest BCUT2D eigenvalue weighted by Crippen LogP contribution is -2.43. The Morgan fingerprint density at radius 3 is 2.60 bits per heavy atom. The van der Waals surface area contributed by atoms with Gasteiger partial charge in [0.25, 0.3) is 0 Å². The number of aliphatic hydroxyl groups is 1. The summed E-state index contributed by atoms with van der Waals surface area (Å²) in [7, 11) is 0. The third kappa shape index (κ3) is 7.82. The maximum Gasteiger partial charge on any atom is 0.0900 e. The monoisotopic (exact) mass is 412 g/mol. The van der Waals surface area contributed by atoms with Gasteiger partial charge >= 0.3 is 0 Å². The summed E-state index contributed by atoms with van der Waals surface area (Å²) in [5.41, 5.74) is 5.04. The third-order valence-corrected chi connectivity index (χ3v) is 5.62. The van der Waals surface area contributed by atoms with Gasteiger partial charge in [-0.05, 0) is 30.5 Å². The summed E-state index contributed by atoms with van der Waals surface area (Å²) in [6, 6.07) is 16.7. The molecule has 5 heteroatoms. The van der Waals surface area contributed by atoms with E-state index < -0.39 is 6.10 Å². The zero-order valence-corrected chi connectivity index (χ0v) is 18.4. The van der Waals surface area contributed by atoms with Crippen LogP contribution in [0.5, 0.6) is 0 Å². The van der Waals surface area contributed by atoms with Gasteiger partial charge in [-0.3, -0.25) is 9.80 Å². The Morgan fingerprint density at radius 2 is 1.87 bits per heavy atom. The smallest absolute Gasteiger partial charge is 0.0900 e. The van der Waals surface area contributed by atoms with E-state index >= 15 is 0 Å². The maximum absolute atomic E-state index is 10.6. The lowest BCUT2D eigenvalue weighted by molar-refractivity contribution is 0.00208. The zero-order valence-electron chi connectivity index (χ0n) is 18.4. The number of aryl methyl sites for hydroxylation is 2. The molecule has 1 fully saturated rings. The number of nitrogens with zero attached hydrogens (tertiary/aromatic N) is 2. The summed E-state index contributed by atoms with van der Waals surface area (Å²) in [5, 5.41) is 10.6. The highest BCUT2D eigenvalue weighted by Gasteiger charge is 2.17. The van der Waals surface area contributed by atoms with Crippen LogP contribution in [0.3, 0.4) is 0 Å². The van der Waals surface area contributed by atoms with E-state index in [0.717, 1.165) is 51.5 Å². The van der Waals surface area contributed by atoms with Gasteiger partial charge in [0, 0.05) is 39.3 Å². The normalized spacial score (nSPS) is 16.1. The molecular formula is C25H36N2O3. The molecule has 164 valence electrons. The first-order valence-electron chi connectivity index (χ1n) is 11.0. The molecular weight excluding hydrogens is 376 g/mol. The molecule has 1 heterocycles. The number of benzene rings is 2. The second kappa shape index (κ2) is 12.2. The molecule has 1 saturated heterocycles. The number of ether oxygens (including phenoxy) is 2. The van der Waals surface area contributed by atoms with Crippen LogP contribution in [0.2, 0.25) is 0 Å². The summed E-state index contributed by atoms with van der Waals surface area (Å²) >= 11 is 0. The van der Waals surface area contributed by atoms with Crippen LogP contribution >= 0.6 is 0 Å². The van der Waals surface area contributed by atoms with E-state index in [9.17, 15) is 5.11 Å². The number of hydrogen-bond acceptors (Lipinski definition) is 5. The van der Waals surface area contributed by atoms with Crippen molar-refractivity contribution >= 4 is 0 Å². The van der Waals surface area contributed by atoms with Gasteiger partial charge in [0.05, 0.1) is 32.5 Å². The van der Waals surface area contributed by atoms with Gasteiger partial charge in [-0.2, -0.15) is 0 Å². The Balaban J connectivity index is 1.53. The molecule has 3 rings (SSSR count). The van der Waals surface area contributed by atoms with Crippen molar-refractivity contribution < 1.29 is 14.6 Å². The summed E-state index contributed by atoms with van der Waals surface area (Å²) in [4.78, 5) is 4.79. The highest BCUT2D eigenvalue weighted by atomic mass is 16.5. The summed E-state index contributed by atoms with van der Waals surface area (Å²) < 4.78 is 11.2. The van der Waals surface area contributed by atoms with Crippen molar-refractivity contribution in [2.24, 2.45) is 0 Å². The standard InChI is InChI=1S/C25H36N2O3/c1-21-8-9-24(22(2)16-21)17-27(11-10-26-12-14-29-15-13-26)18-25(28)20-30-19-23-6-4-3-5-7-23/h3-9,16,25,28H,10-15,17-20H2,1-2H3. The van der Waals surface area contributed by atoms with Gasteiger partial charge in [-0.15, -0.1) is 0 Å². The van der Waals surface area contributed by atoms with Gasteiger partial charge in [-0.25, -0.2) is 0 Å². The summed E-state index contributed by atoms with van der Waals surface area (Å²) in [6.45, 7) is 12.1. The van der Waals surface area contributed by atoms with E-state index in [0.29, 0.717) is 19.8 Å². The molecule has 30 heavy (non-hydrogen) atoms. The van der Waals surface area contributed by atoms with Crippen molar-refractivity contribution in [2.75, 3.05) is 52.5 Å². The Morgan fingerprint density at radius 1 is 1.10 bits per heavy atom. The van der Waals surface area contributed by atoms with E-state index in [4.69, 9.17) is 9.47 Å². The summed E-state index contributed by atoms with van der Waals surface area (Å²) in [6.07, 6.45) is -0.510. The molecule has 1 aliphatic rings. The Kier molecular flexibility index (Phi) is 9.30. The lowest BCUT2D eigenvalue weighted by atomic mass is 10.1. The average Bonchev–Trinajstić information content (AvgIpc) is 2.75. The van der Waals surface area contributed by atoms with Crippen molar-refractivity contribution in [1.29, 1.82) is 0 Å². The fourth-order valence-corrected chi connectivity index (χ4v) is 3.84. The van der Waals surface area contributed by atoms with Crippen molar-refractivity contribution in [1.82, 2.24) is 9.80 Å². The molecule has 1 atom stereocenters. The third-order valence-electron chi connectivity index (χ3n) is 5.62. The quantitative estimate of drug-likeness (QED) is 0.615. The molecule has 2 aromatic rings. The Labute approximate surface area is 181 Å². The minimum atomic E-state index is -0.510. The average molecular weight is 413 g/mol. The van der Waals surface area contributed by atoms with E-state index in [2.05, 4.69) is 41.8 Å². The molecule has 1 N–H and O–H groups in total. The first-order chi connectivity index (χ1) is 14.6. The van der Waals surface area contributed by atoms with Crippen LogP contribution in [-0.2, 0) is 22.6 Å². The van der Waals surface area contributed by atoms with Crippen molar-refractivity contribution in [3.63, 3.8) is 0 Å². The SMILES string of the molecule is Cc1ccc(CN(CCN2CCOCC2)CC(O)COCc2ccccc2)c(C)c1. The predicted molar refractivity (Wildman–Crippen MR) is 121 cm³/mol. The molecule has 5 nitrogen and oxygen atoms in total. The van der Waals surface area contributed by atoms with Gasteiger partial charge in [-0.1, -0.05) is 54.1 Å². The number of hydrogen-bond donors (Lipinski definition) is 1. The fourth-order valence-electron chi connectivity index (χ4n) is 3.84. The topological polar surface area (TPSA) is 45.2 Å². The minimum Gasteiger partial charge on any atom is -0.389 e. The second-order valence-corrected chi connectivity index (χ2v) is 8.27. The van der Waals surface area contributed by atoms with Crippen molar-refractivity contribution in [2.45, 2.75) is 33.1 Å². The van der Waals surface area contributed by atoms with Crippen LogP contribution in [0.4, 0.5) is 0 Å². The van der Waals surface area contributed by atoms with E-state index in [-0.39, 0.29) is 0 Å². The van der Waals surface area contributed by atoms with Gasteiger partial charge < -0.3 is 14.6 Å². The van der Waals surface area contributed by atoms with E-state index in [1.54, 1.807) is 0 Å². The lowest BCUT2D eigenvalue weighted by Gasteiger charge is -2.31. The van der Waals surface area contributed by atoms with Crippen LogP contribution < -0.4 is 0 Å². The molecule has 0 amide bonds. The molecule has 0 aliphatic carbocycles. The van der Waals surface area contributed by atoms with Crippen molar-refractivity contribution in [3.05, 3.63) is 70.8 Å². The molecule has 1 aliphatic heterocycles. The van der Waals surface area contributed by atoms with Crippen LogP contribution in [0, 0.1) is 13.8 Å². The fraction of sp³-hybridized carbons (Fsp3) is 0.520. The molecule has 0 spiro atoms. The first-order valence-corrected chi connectivity index (χ1v) is 11.0. The number of morpholine rings is 1. The van der Waals surface area contributed by atoms with Crippen molar-refractivity contribution in [3.8, 4) is 0 Å². The molecule has 1 unspecified atom stereocenters. The molecule has 0 radical (unpaired) electrons. The highest BCUT2D eigenvalue weighted by Crippen LogP contribution is 2.14. The molecule has 0 aromatic heterocycles. The molecule has 2 aromatic carbocycles. The van der Waals surface area contributed by atoms with Gasteiger partial charge in [0.2, 0.25) is 0 Å². The molecule has 0 saturated carbocycles. The van der Waals surface area contributed by atoms with Crippen LogP contribution in [0.15, 0.2) is 48.5 Å². The highest BCUT2D eigenvalue weighted by molar-refractivity contribution is 5.30. The van der Waals surface area contributed by atoms with Gasteiger partial charge in [0.1, 0.15) is 0 Å². The van der Waals surface area contributed by atoms with Crippen LogP contribution in [0.25, 0.3) is 0 Å². The van der Waals surface area contributed by atoms with Crippen LogP contribution in [-0.4, -0.2) is 73.6 Å². The largest absolute Gasteiger partial charge is 0.389 e. The number of aliphatic hydroxyl groups excluding tert-OH is 1. The number of rotatable bonds is 11. The second-order valence-electron chi connectivity index (χ2n) is 8.27. The molecule has 0 bridgehead atoms. The maximum atomic E-state index is 10.6. The van der Waals surface area contributed by atoms with E-state index in [1.165, 1.54) is 16.7 Å². The van der Waals surface area contributed by atoms with Gasteiger partial charge in [0.15, 0.2) is 0 Å².